The van der Waals surface area contributed by atoms with E-state index in [1.165, 1.54) is 18.2 Å². The molecule has 0 spiro atoms. The van der Waals surface area contributed by atoms with Crippen molar-refractivity contribution >= 4 is 12.0 Å². The number of rotatable bonds is 4. The van der Waals surface area contributed by atoms with Crippen molar-refractivity contribution in [3.8, 4) is 11.5 Å². The first-order chi connectivity index (χ1) is 9.54. The molecular weight excluding hydrogens is 265 g/mol. The highest BCUT2D eigenvalue weighted by molar-refractivity contribution is 5.79. The van der Waals surface area contributed by atoms with Gasteiger partial charge in [0.25, 0.3) is 0 Å². The molecule has 0 aromatic heterocycles. The summed E-state index contributed by atoms with van der Waals surface area (Å²) < 4.78 is 19.0. The van der Waals surface area contributed by atoms with E-state index in [1.54, 1.807) is 19.1 Å². The molecule has 2 aromatic carbocycles. The van der Waals surface area contributed by atoms with E-state index in [-0.39, 0.29) is 22.7 Å². The molecule has 0 aliphatic heterocycles. The molecule has 0 amide bonds. The molecule has 0 fully saturated rings. The molecule has 0 radical (unpaired) electrons. The van der Waals surface area contributed by atoms with Gasteiger partial charge in [-0.3, -0.25) is 14.9 Å². The average molecular weight is 275 g/mol. The number of carbonyl (C=O) groups is 1. The summed E-state index contributed by atoms with van der Waals surface area (Å²) in [5.74, 6) is -1.19. The Morgan fingerprint density at radius 1 is 1.25 bits per heavy atom. The standard InChI is InChI=1S/C14H10FNO4/c1-9-4-2-7-12(13(9)16(18)19)20-14-10(8-17)5-3-6-11(14)15/h2-8H,1H3. The zero-order valence-corrected chi connectivity index (χ0v) is 10.5. The summed E-state index contributed by atoms with van der Waals surface area (Å²) in [5, 5.41) is 11.0. The summed E-state index contributed by atoms with van der Waals surface area (Å²) in [5.41, 5.74) is 0.116. The Bertz CT molecular complexity index is 685. The van der Waals surface area contributed by atoms with Crippen LogP contribution >= 0.6 is 0 Å². The van der Waals surface area contributed by atoms with Crippen molar-refractivity contribution in [3.05, 3.63) is 63.5 Å². The number of para-hydroxylation sites is 2. The van der Waals surface area contributed by atoms with Crippen LogP contribution in [0.3, 0.4) is 0 Å². The summed E-state index contributed by atoms with van der Waals surface area (Å²) in [7, 11) is 0. The molecule has 102 valence electrons. The maximum atomic E-state index is 13.7. The lowest BCUT2D eigenvalue weighted by Gasteiger charge is -2.10. The van der Waals surface area contributed by atoms with Crippen molar-refractivity contribution in [3.63, 3.8) is 0 Å². The van der Waals surface area contributed by atoms with Gasteiger partial charge >= 0.3 is 5.69 Å². The first-order valence-electron chi connectivity index (χ1n) is 5.70. The SMILES string of the molecule is Cc1cccc(Oc2c(F)cccc2C=O)c1[N+](=O)[O-]. The number of ether oxygens (including phenoxy) is 1. The Kier molecular flexibility index (Phi) is 3.74. The number of benzene rings is 2. The largest absolute Gasteiger partial charge is 0.446 e. The summed E-state index contributed by atoms with van der Waals surface area (Å²) in [4.78, 5) is 21.3. The van der Waals surface area contributed by atoms with Crippen LogP contribution in [-0.4, -0.2) is 11.2 Å². The van der Waals surface area contributed by atoms with Crippen LogP contribution in [0.4, 0.5) is 10.1 Å². The Balaban J connectivity index is 2.54. The normalized spacial score (nSPS) is 10.1. The maximum absolute atomic E-state index is 13.7. The van der Waals surface area contributed by atoms with Crippen molar-refractivity contribution < 1.29 is 18.8 Å². The topological polar surface area (TPSA) is 69.4 Å². The number of nitro groups is 1. The van der Waals surface area contributed by atoms with Gasteiger partial charge in [0.15, 0.2) is 17.9 Å². The van der Waals surface area contributed by atoms with Gasteiger partial charge in [-0.25, -0.2) is 4.39 Å². The molecule has 0 saturated carbocycles. The second-order valence-corrected chi connectivity index (χ2v) is 4.06. The van der Waals surface area contributed by atoms with Crippen LogP contribution in [0.25, 0.3) is 0 Å². The number of nitrogens with zero attached hydrogens (tertiary/aromatic N) is 1. The fraction of sp³-hybridized carbons (Fsp3) is 0.0714. The van der Waals surface area contributed by atoms with Gasteiger partial charge in [0.05, 0.1) is 10.5 Å². The average Bonchev–Trinajstić information content (AvgIpc) is 2.40. The molecular formula is C14H10FNO4. The molecule has 0 bridgehead atoms. The van der Waals surface area contributed by atoms with Crippen molar-refractivity contribution in [2.24, 2.45) is 0 Å². The molecule has 20 heavy (non-hydrogen) atoms. The zero-order valence-electron chi connectivity index (χ0n) is 10.5. The molecule has 0 heterocycles. The molecule has 0 aliphatic carbocycles. The van der Waals surface area contributed by atoms with Gasteiger partial charge in [0.1, 0.15) is 0 Å². The second kappa shape index (κ2) is 5.48. The monoisotopic (exact) mass is 275 g/mol. The van der Waals surface area contributed by atoms with E-state index in [1.807, 2.05) is 0 Å². The predicted octanol–water partition coefficient (Wildman–Crippen LogP) is 3.65. The third-order valence-corrected chi connectivity index (χ3v) is 2.72. The second-order valence-electron chi connectivity index (χ2n) is 4.06. The molecule has 0 unspecified atom stereocenters. The minimum absolute atomic E-state index is 0.0131. The molecule has 0 atom stereocenters. The number of aldehydes is 1. The number of carbonyl (C=O) groups excluding carboxylic acids is 1. The van der Waals surface area contributed by atoms with E-state index >= 15 is 0 Å². The van der Waals surface area contributed by atoms with Gasteiger partial charge < -0.3 is 4.74 Å². The molecule has 2 aromatic rings. The van der Waals surface area contributed by atoms with Crippen LogP contribution in [0.5, 0.6) is 11.5 Å². The summed E-state index contributed by atoms with van der Waals surface area (Å²) in [6, 6.07) is 8.30. The van der Waals surface area contributed by atoms with Crippen molar-refractivity contribution in [2.75, 3.05) is 0 Å². The first kappa shape index (κ1) is 13.7. The Morgan fingerprint density at radius 2 is 1.95 bits per heavy atom. The smallest absolute Gasteiger partial charge is 0.314 e. The van der Waals surface area contributed by atoms with Crippen molar-refractivity contribution in [2.45, 2.75) is 6.92 Å². The van der Waals surface area contributed by atoms with E-state index in [0.717, 1.165) is 6.07 Å². The number of hydrogen-bond acceptors (Lipinski definition) is 4. The number of hydrogen-bond donors (Lipinski definition) is 0. The number of halogens is 1. The highest BCUT2D eigenvalue weighted by Crippen LogP contribution is 2.35. The highest BCUT2D eigenvalue weighted by atomic mass is 19.1. The third kappa shape index (κ3) is 2.49. The molecule has 5 nitrogen and oxygen atoms in total. The lowest BCUT2D eigenvalue weighted by molar-refractivity contribution is -0.386. The molecule has 0 N–H and O–H groups in total. The van der Waals surface area contributed by atoms with Gasteiger partial charge in [-0.1, -0.05) is 18.2 Å². The third-order valence-electron chi connectivity index (χ3n) is 2.72. The zero-order chi connectivity index (χ0) is 14.7. The molecule has 2 rings (SSSR count). The Morgan fingerprint density at radius 3 is 2.60 bits per heavy atom. The van der Waals surface area contributed by atoms with Crippen LogP contribution in [0.1, 0.15) is 15.9 Å². The summed E-state index contributed by atoms with van der Waals surface area (Å²) >= 11 is 0. The van der Waals surface area contributed by atoms with Crippen LogP contribution in [0.2, 0.25) is 0 Å². The van der Waals surface area contributed by atoms with E-state index < -0.39 is 10.7 Å². The molecule has 0 saturated heterocycles. The number of nitro benzene ring substituents is 1. The van der Waals surface area contributed by atoms with Gasteiger partial charge in [0, 0.05) is 5.56 Å². The van der Waals surface area contributed by atoms with E-state index in [4.69, 9.17) is 4.74 Å². The van der Waals surface area contributed by atoms with Crippen LogP contribution < -0.4 is 4.74 Å². The van der Waals surface area contributed by atoms with E-state index in [0.29, 0.717) is 11.8 Å². The van der Waals surface area contributed by atoms with Gasteiger partial charge in [-0.05, 0) is 25.1 Å². The van der Waals surface area contributed by atoms with Gasteiger partial charge in [-0.15, -0.1) is 0 Å². The summed E-state index contributed by atoms with van der Waals surface area (Å²) in [6.45, 7) is 1.55. The maximum Gasteiger partial charge on any atom is 0.314 e. The Labute approximate surface area is 113 Å². The van der Waals surface area contributed by atoms with Crippen molar-refractivity contribution in [1.82, 2.24) is 0 Å². The lowest BCUT2D eigenvalue weighted by Crippen LogP contribution is -1.99. The van der Waals surface area contributed by atoms with E-state index in [2.05, 4.69) is 0 Å². The summed E-state index contributed by atoms with van der Waals surface area (Å²) in [6.07, 6.45) is 0.431. The lowest BCUT2D eigenvalue weighted by atomic mass is 10.2. The Hall–Kier alpha value is -2.76. The van der Waals surface area contributed by atoms with Gasteiger partial charge in [0.2, 0.25) is 5.75 Å². The predicted molar refractivity (Wildman–Crippen MR) is 69.7 cm³/mol. The van der Waals surface area contributed by atoms with Crippen LogP contribution in [-0.2, 0) is 0 Å². The minimum atomic E-state index is -0.759. The van der Waals surface area contributed by atoms with Crippen LogP contribution in [0.15, 0.2) is 36.4 Å². The quantitative estimate of drug-likeness (QED) is 0.485. The fourth-order valence-electron chi connectivity index (χ4n) is 1.78. The number of aryl methyl sites for hydroxylation is 1. The van der Waals surface area contributed by atoms with Crippen molar-refractivity contribution in [1.29, 1.82) is 0 Å². The minimum Gasteiger partial charge on any atom is -0.446 e. The molecule has 0 aliphatic rings. The first-order valence-corrected chi connectivity index (χ1v) is 5.70. The molecule has 6 heteroatoms. The highest BCUT2D eigenvalue weighted by Gasteiger charge is 2.21. The van der Waals surface area contributed by atoms with Crippen LogP contribution in [0, 0.1) is 22.9 Å². The van der Waals surface area contributed by atoms with E-state index in [9.17, 15) is 19.3 Å². The van der Waals surface area contributed by atoms with Gasteiger partial charge in [-0.2, -0.15) is 0 Å². The fourth-order valence-corrected chi connectivity index (χ4v) is 1.78.